The number of hydrogen-bond donors (Lipinski definition) is 1. The van der Waals surface area contributed by atoms with Gasteiger partial charge in [-0.25, -0.2) is 4.39 Å². The number of thioether (sulfide) groups is 1. The Balaban J connectivity index is 1.63. The molecule has 4 atom stereocenters. The predicted octanol–water partition coefficient (Wildman–Crippen LogP) is 4.61. The van der Waals surface area contributed by atoms with Crippen molar-refractivity contribution in [2.24, 2.45) is 5.92 Å². The lowest BCUT2D eigenvalue weighted by Gasteiger charge is -2.36. The van der Waals surface area contributed by atoms with Crippen LogP contribution >= 0.6 is 23.1 Å². The molecular formula is C24H18FN3O4S2. The lowest BCUT2D eigenvalue weighted by molar-refractivity contribution is -0.384. The van der Waals surface area contributed by atoms with E-state index >= 15 is 0 Å². The summed E-state index contributed by atoms with van der Waals surface area (Å²) in [5.74, 6) is -1.26. The average Bonchev–Trinajstić information content (AvgIpc) is 3.60. The SMILES string of the molecule is O=C(c1cccs1)[C@@H]1[C@@H](c2cccc([N+](=O)[O-])c2)[C@H]2CSCN2[C@@]12C(=O)Nc1ccc(F)cc12. The molecule has 0 unspecified atom stereocenters. The van der Waals surface area contributed by atoms with Crippen molar-refractivity contribution < 1.29 is 18.9 Å². The summed E-state index contributed by atoms with van der Waals surface area (Å²) in [6.45, 7) is 0. The second-order valence-electron chi connectivity index (χ2n) is 8.64. The molecule has 1 spiro atoms. The third-order valence-electron chi connectivity index (χ3n) is 7.10. The van der Waals surface area contributed by atoms with Crippen LogP contribution in [0.15, 0.2) is 60.0 Å². The molecule has 2 saturated heterocycles. The largest absolute Gasteiger partial charge is 0.324 e. The van der Waals surface area contributed by atoms with Gasteiger partial charge in [0.1, 0.15) is 11.4 Å². The van der Waals surface area contributed by atoms with Gasteiger partial charge in [-0.2, -0.15) is 0 Å². The van der Waals surface area contributed by atoms with Gasteiger partial charge in [0.05, 0.1) is 15.7 Å². The molecule has 3 aromatic rings. The minimum absolute atomic E-state index is 0.0692. The van der Waals surface area contributed by atoms with Crippen LogP contribution in [-0.2, 0) is 10.3 Å². The quantitative estimate of drug-likeness (QED) is 0.323. The molecule has 3 aliphatic rings. The predicted molar refractivity (Wildman–Crippen MR) is 128 cm³/mol. The first-order chi connectivity index (χ1) is 16.4. The van der Waals surface area contributed by atoms with Crippen LogP contribution in [0.25, 0.3) is 0 Å². The van der Waals surface area contributed by atoms with Gasteiger partial charge in [-0.1, -0.05) is 18.2 Å². The van der Waals surface area contributed by atoms with Crippen molar-refractivity contribution in [3.63, 3.8) is 0 Å². The van der Waals surface area contributed by atoms with E-state index in [0.29, 0.717) is 33.3 Å². The normalized spacial score (nSPS) is 27.6. The van der Waals surface area contributed by atoms with Gasteiger partial charge in [0.2, 0.25) is 5.91 Å². The standard InChI is InChI=1S/C24H18FN3O4S2/c25-14-6-7-17-16(10-14)24(23(30)26-17)21(22(29)19-5-2-8-34-19)20(18-11-33-12-27(18)24)13-3-1-4-15(9-13)28(31)32/h1-10,18,20-21H,11-12H2,(H,26,30)/t18-,20+,21+,24-/m1/s1. The number of hydrogen-bond acceptors (Lipinski definition) is 7. The second-order valence-corrected chi connectivity index (χ2v) is 10.6. The van der Waals surface area contributed by atoms with Gasteiger partial charge in [0.25, 0.3) is 5.69 Å². The van der Waals surface area contributed by atoms with Crippen molar-refractivity contribution >= 4 is 46.2 Å². The third kappa shape index (κ3) is 2.85. The maximum Gasteiger partial charge on any atom is 0.269 e. The first kappa shape index (κ1) is 21.5. The molecule has 2 fully saturated rings. The molecule has 10 heteroatoms. The van der Waals surface area contributed by atoms with Gasteiger partial charge in [0, 0.05) is 47.0 Å². The highest BCUT2D eigenvalue weighted by atomic mass is 32.2. The van der Waals surface area contributed by atoms with Gasteiger partial charge in [-0.3, -0.25) is 24.6 Å². The van der Waals surface area contributed by atoms with Crippen LogP contribution in [0, 0.1) is 21.8 Å². The van der Waals surface area contributed by atoms with Crippen molar-refractivity contribution in [1.29, 1.82) is 0 Å². The molecular weight excluding hydrogens is 477 g/mol. The summed E-state index contributed by atoms with van der Waals surface area (Å²) in [7, 11) is 0. The van der Waals surface area contributed by atoms with Crippen LogP contribution in [0.2, 0.25) is 0 Å². The first-order valence-electron chi connectivity index (χ1n) is 10.7. The molecule has 0 radical (unpaired) electrons. The van der Waals surface area contributed by atoms with E-state index in [2.05, 4.69) is 5.32 Å². The highest BCUT2D eigenvalue weighted by Gasteiger charge is 2.69. The van der Waals surface area contributed by atoms with E-state index in [-0.39, 0.29) is 23.4 Å². The number of non-ortho nitro benzene ring substituents is 1. The van der Waals surface area contributed by atoms with Crippen LogP contribution in [0.3, 0.4) is 0 Å². The number of thiophene rings is 1. The molecule has 34 heavy (non-hydrogen) atoms. The monoisotopic (exact) mass is 495 g/mol. The maximum atomic E-state index is 14.5. The zero-order chi connectivity index (χ0) is 23.6. The van der Waals surface area contributed by atoms with Crippen LogP contribution < -0.4 is 5.32 Å². The third-order valence-corrected chi connectivity index (χ3v) is 9.02. The Morgan fingerprint density at radius 1 is 1.21 bits per heavy atom. The molecule has 7 nitrogen and oxygen atoms in total. The number of Topliss-reactive ketones (excluding diaryl/α,β-unsaturated/α-hetero) is 1. The van der Waals surface area contributed by atoms with E-state index in [1.165, 1.54) is 41.7 Å². The second kappa shape index (κ2) is 7.72. The number of halogens is 1. The Labute approximate surface area is 202 Å². The Hall–Kier alpha value is -3.08. The van der Waals surface area contributed by atoms with Gasteiger partial charge >= 0.3 is 0 Å². The van der Waals surface area contributed by atoms with Crippen LogP contribution in [0.5, 0.6) is 0 Å². The fourth-order valence-corrected chi connectivity index (χ4v) is 7.87. The number of carbonyl (C=O) groups is 2. The summed E-state index contributed by atoms with van der Waals surface area (Å²) in [6.07, 6.45) is 0. The molecule has 172 valence electrons. The number of anilines is 1. The highest BCUT2D eigenvalue weighted by Crippen LogP contribution is 2.61. The summed E-state index contributed by atoms with van der Waals surface area (Å²) in [4.78, 5) is 41.5. The van der Waals surface area contributed by atoms with E-state index in [9.17, 15) is 24.1 Å². The van der Waals surface area contributed by atoms with Crippen LogP contribution in [0.1, 0.15) is 26.7 Å². The minimum atomic E-state index is -1.40. The lowest BCUT2D eigenvalue weighted by Crippen LogP contribution is -2.52. The Bertz CT molecular complexity index is 1350. The van der Waals surface area contributed by atoms with Crippen LogP contribution in [-0.4, -0.2) is 39.2 Å². The molecule has 3 aliphatic heterocycles. The number of amides is 1. The number of nitrogens with one attached hydrogen (secondary N) is 1. The number of nitrogens with zero attached hydrogens (tertiary/aromatic N) is 2. The molecule has 1 aromatic heterocycles. The Kier molecular flexibility index (Phi) is 4.87. The average molecular weight is 496 g/mol. The number of rotatable bonds is 4. The molecule has 0 saturated carbocycles. The smallest absolute Gasteiger partial charge is 0.269 e. The highest BCUT2D eigenvalue weighted by molar-refractivity contribution is 7.99. The van der Waals surface area contributed by atoms with Gasteiger partial charge < -0.3 is 5.32 Å². The summed E-state index contributed by atoms with van der Waals surface area (Å²) in [5, 5.41) is 16.2. The molecule has 0 aliphatic carbocycles. The number of nitro benzene ring substituents is 1. The first-order valence-corrected chi connectivity index (χ1v) is 12.7. The fraction of sp³-hybridized carbons (Fsp3) is 0.250. The number of carbonyl (C=O) groups excluding carboxylic acids is 2. The van der Waals surface area contributed by atoms with Crippen molar-refractivity contribution in [3.8, 4) is 0 Å². The van der Waals surface area contributed by atoms with Gasteiger partial charge in [0.15, 0.2) is 5.78 Å². The van der Waals surface area contributed by atoms with Gasteiger partial charge in [-0.05, 0) is 35.2 Å². The molecule has 4 heterocycles. The molecule has 1 amide bonds. The zero-order valence-electron chi connectivity index (χ0n) is 17.6. The number of benzene rings is 2. The molecule has 0 bridgehead atoms. The zero-order valence-corrected chi connectivity index (χ0v) is 19.3. The summed E-state index contributed by atoms with van der Waals surface area (Å²) in [6, 6.07) is 13.8. The van der Waals surface area contributed by atoms with E-state index in [1.807, 2.05) is 4.90 Å². The summed E-state index contributed by atoms with van der Waals surface area (Å²) in [5.41, 5.74) is 0.108. The van der Waals surface area contributed by atoms with Crippen molar-refractivity contribution in [2.45, 2.75) is 17.5 Å². The minimum Gasteiger partial charge on any atom is -0.324 e. The molecule has 6 rings (SSSR count). The molecule has 1 N–H and O–H groups in total. The van der Waals surface area contributed by atoms with E-state index in [4.69, 9.17) is 0 Å². The van der Waals surface area contributed by atoms with Crippen molar-refractivity contribution in [3.05, 3.63) is 91.9 Å². The fourth-order valence-electron chi connectivity index (χ4n) is 5.84. The summed E-state index contributed by atoms with van der Waals surface area (Å²) < 4.78 is 14.5. The van der Waals surface area contributed by atoms with E-state index in [1.54, 1.807) is 41.4 Å². The summed E-state index contributed by atoms with van der Waals surface area (Å²) >= 11 is 2.93. The maximum absolute atomic E-state index is 14.5. The molecule has 2 aromatic carbocycles. The number of nitro groups is 1. The number of ketones is 1. The topological polar surface area (TPSA) is 92.5 Å². The van der Waals surface area contributed by atoms with Gasteiger partial charge in [-0.15, -0.1) is 23.1 Å². The van der Waals surface area contributed by atoms with E-state index < -0.39 is 28.1 Å². The Morgan fingerprint density at radius 3 is 2.82 bits per heavy atom. The van der Waals surface area contributed by atoms with Crippen LogP contribution in [0.4, 0.5) is 15.8 Å². The van der Waals surface area contributed by atoms with E-state index in [0.717, 1.165) is 0 Å². The Morgan fingerprint density at radius 2 is 2.06 bits per heavy atom. The van der Waals surface area contributed by atoms with Crippen molar-refractivity contribution in [2.75, 3.05) is 16.9 Å². The van der Waals surface area contributed by atoms with Crippen molar-refractivity contribution in [1.82, 2.24) is 4.90 Å². The number of fused-ring (bicyclic) bond motifs is 4. The lowest BCUT2D eigenvalue weighted by atomic mass is 9.70.